The number of aryl methyl sites for hydroxylation is 1. The van der Waals surface area contributed by atoms with Crippen molar-refractivity contribution < 1.29 is 4.79 Å². The highest BCUT2D eigenvalue weighted by Gasteiger charge is 2.36. The third-order valence-corrected chi connectivity index (χ3v) is 4.64. The van der Waals surface area contributed by atoms with Crippen molar-refractivity contribution in [2.45, 2.75) is 38.8 Å². The first-order chi connectivity index (χ1) is 9.56. The number of benzene rings is 1. The number of amides is 1. The van der Waals surface area contributed by atoms with Gasteiger partial charge in [0, 0.05) is 30.9 Å². The summed E-state index contributed by atoms with van der Waals surface area (Å²) in [4.78, 5) is 17.3. The number of piperazine rings is 1. The van der Waals surface area contributed by atoms with Gasteiger partial charge in [-0.2, -0.15) is 0 Å². The minimum Gasteiger partial charge on any atom is -0.398 e. The maximum absolute atomic E-state index is 12.8. The minimum atomic E-state index is 0.0848. The summed E-state index contributed by atoms with van der Waals surface area (Å²) in [6.45, 7) is 7.14. The van der Waals surface area contributed by atoms with Gasteiger partial charge < -0.3 is 10.6 Å². The van der Waals surface area contributed by atoms with Gasteiger partial charge in [-0.25, -0.2) is 0 Å². The van der Waals surface area contributed by atoms with E-state index in [1.54, 1.807) is 0 Å². The van der Waals surface area contributed by atoms with E-state index in [4.69, 9.17) is 5.73 Å². The summed E-state index contributed by atoms with van der Waals surface area (Å²) in [6, 6.07) is 6.50. The standard InChI is InChI=1S/C16H23N3O/c1-11-5-6-14(15(17)8-11)16(20)19-10-13-4-3-7-18(13)9-12(19)2/h5-6,8,12-13H,3-4,7,9-10,17H2,1-2H3. The van der Waals surface area contributed by atoms with E-state index >= 15 is 0 Å². The highest BCUT2D eigenvalue weighted by atomic mass is 16.2. The summed E-state index contributed by atoms with van der Waals surface area (Å²) in [5.41, 5.74) is 8.35. The molecule has 2 unspecified atom stereocenters. The molecule has 0 radical (unpaired) electrons. The Bertz CT molecular complexity index is 528. The molecule has 0 spiro atoms. The maximum atomic E-state index is 12.8. The van der Waals surface area contributed by atoms with Crippen LogP contribution in [0.1, 0.15) is 35.7 Å². The van der Waals surface area contributed by atoms with E-state index in [1.807, 2.05) is 30.0 Å². The predicted octanol–water partition coefficient (Wildman–Crippen LogP) is 1.89. The van der Waals surface area contributed by atoms with Gasteiger partial charge in [0.05, 0.1) is 5.56 Å². The summed E-state index contributed by atoms with van der Waals surface area (Å²) >= 11 is 0. The Kier molecular flexibility index (Phi) is 3.42. The first kappa shape index (κ1) is 13.4. The van der Waals surface area contributed by atoms with Crippen molar-refractivity contribution in [3.05, 3.63) is 29.3 Å². The summed E-state index contributed by atoms with van der Waals surface area (Å²) < 4.78 is 0. The third-order valence-electron chi connectivity index (χ3n) is 4.64. The Balaban J connectivity index is 1.82. The topological polar surface area (TPSA) is 49.6 Å². The predicted molar refractivity (Wildman–Crippen MR) is 80.7 cm³/mol. The molecule has 2 N–H and O–H groups in total. The van der Waals surface area contributed by atoms with Gasteiger partial charge in [0.25, 0.3) is 5.91 Å². The fourth-order valence-electron chi connectivity index (χ4n) is 3.50. The summed E-state index contributed by atoms with van der Waals surface area (Å²) in [6.07, 6.45) is 2.46. The number of nitrogens with zero attached hydrogens (tertiary/aromatic N) is 2. The highest BCUT2D eigenvalue weighted by Crippen LogP contribution is 2.26. The average molecular weight is 273 g/mol. The number of nitrogen functional groups attached to an aromatic ring is 1. The molecule has 2 aliphatic rings. The molecule has 20 heavy (non-hydrogen) atoms. The van der Waals surface area contributed by atoms with Gasteiger partial charge in [0.15, 0.2) is 0 Å². The number of hydrogen-bond donors (Lipinski definition) is 1. The normalized spacial score (nSPS) is 26.6. The van der Waals surface area contributed by atoms with Crippen molar-refractivity contribution >= 4 is 11.6 Å². The molecule has 2 saturated heterocycles. The van der Waals surface area contributed by atoms with Gasteiger partial charge in [-0.3, -0.25) is 9.69 Å². The van der Waals surface area contributed by atoms with Crippen LogP contribution < -0.4 is 5.73 Å². The Morgan fingerprint density at radius 1 is 1.35 bits per heavy atom. The van der Waals surface area contributed by atoms with Gasteiger partial charge in [-0.1, -0.05) is 6.07 Å². The molecule has 2 aliphatic heterocycles. The van der Waals surface area contributed by atoms with Gasteiger partial charge in [-0.15, -0.1) is 0 Å². The first-order valence-electron chi connectivity index (χ1n) is 7.47. The molecule has 0 saturated carbocycles. The van der Waals surface area contributed by atoms with Crippen LogP contribution in [0, 0.1) is 6.92 Å². The molecule has 3 rings (SSSR count). The van der Waals surface area contributed by atoms with Gasteiger partial charge >= 0.3 is 0 Å². The van der Waals surface area contributed by atoms with Gasteiger partial charge in [0.1, 0.15) is 0 Å². The number of carbonyl (C=O) groups excluding carboxylic acids is 1. The molecule has 2 atom stereocenters. The SMILES string of the molecule is Cc1ccc(C(=O)N2CC3CCCN3CC2C)c(N)c1. The largest absolute Gasteiger partial charge is 0.398 e. The van der Waals surface area contributed by atoms with E-state index in [2.05, 4.69) is 11.8 Å². The van der Waals surface area contributed by atoms with E-state index in [-0.39, 0.29) is 11.9 Å². The molecular weight excluding hydrogens is 250 g/mol. The quantitative estimate of drug-likeness (QED) is 0.795. The maximum Gasteiger partial charge on any atom is 0.256 e. The summed E-state index contributed by atoms with van der Waals surface area (Å²) in [5, 5.41) is 0. The molecule has 4 nitrogen and oxygen atoms in total. The van der Waals surface area contributed by atoms with E-state index in [0.29, 0.717) is 17.3 Å². The van der Waals surface area contributed by atoms with Crippen molar-refractivity contribution in [2.75, 3.05) is 25.4 Å². The molecule has 108 valence electrons. The smallest absolute Gasteiger partial charge is 0.256 e. The number of hydrogen-bond acceptors (Lipinski definition) is 3. The zero-order valence-electron chi connectivity index (χ0n) is 12.3. The lowest BCUT2D eigenvalue weighted by atomic mass is 10.0. The molecule has 0 aliphatic carbocycles. The van der Waals surface area contributed by atoms with Crippen LogP contribution in [0.2, 0.25) is 0 Å². The van der Waals surface area contributed by atoms with Crippen LogP contribution in [0.25, 0.3) is 0 Å². The van der Waals surface area contributed by atoms with Crippen LogP contribution >= 0.6 is 0 Å². The second-order valence-corrected chi connectivity index (χ2v) is 6.19. The monoisotopic (exact) mass is 273 g/mol. The zero-order chi connectivity index (χ0) is 14.3. The molecular formula is C16H23N3O. The van der Waals surface area contributed by atoms with Crippen molar-refractivity contribution in [2.24, 2.45) is 0 Å². The Morgan fingerprint density at radius 2 is 2.15 bits per heavy atom. The summed E-state index contributed by atoms with van der Waals surface area (Å²) in [7, 11) is 0. The molecule has 0 aromatic heterocycles. The average Bonchev–Trinajstić information content (AvgIpc) is 2.84. The lowest BCUT2D eigenvalue weighted by molar-refractivity contribution is 0.0396. The Labute approximate surface area is 120 Å². The van der Waals surface area contributed by atoms with Crippen LogP contribution in [0.3, 0.4) is 0 Å². The fourth-order valence-corrected chi connectivity index (χ4v) is 3.50. The molecule has 2 heterocycles. The molecule has 1 amide bonds. The lowest BCUT2D eigenvalue weighted by Crippen LogP contribution is -2.56. The van der Waals surface area contributed by atoms with Gasteiger partial charge in [-0.05, 0) is 50.9 Å². The Hall–Kier alpha value is -1.55. The van der Waals surface area contributed by atoms with Crippen LogP contribution in [-0.2, 0) is 0 Å². The van der Waals surface area contributed by atoms with E-state index in [9.17, 15) is 4.79 Å². The van der Waals surface area contributed by atoms with Crippen molar-refractivity contribution in [3.63, 3.8) is 0 Å². The zero-order valence-corrected chi connectivity index (χ0v) is 12.3. The second kappa shape index (κ2) is 5.09. The number of fused-ring (bicyclic) bond motifs is 1. The number of rotatable bonds is 1. The molecule has 2 fully saturated rings. The minimum absolute atomic E-state index is 0.0848. The van der Waals surface area contributed by atoms with Crippen LogP contribution in [-0.4, -0.2) is 47.4 Å². The Morgan fingerprint density at radius 3 is 2.90 bits per heavy atom. The molecule has 0 bridgehead atoms. The van der Waals surface area contributed by atoms with E-state index in [1.165, 1.54) is 19.4 Å². The fraction of sp³-hybridized carbons (Fsp3) is 0.562. The number of anilines is 1. The molecule has 1 aromatic carbocycles. The van der Waals surface area contributed by atoms with Crippen LogP contribution in [0.5, 0.6) is 0 Å². The number of carbonyl (C=O) groups is 1. The first-order valence-corrected chi connectivity index (χ1v) is 7.47. The van der Waals surface area contributed by atoms with Crippen molar-refractivity contribution in [3.8, 4) is 0 Å². The summed E-state index contributed by atoms with van der Waals surface area (Å²) in [5.74, 6) is 0.0848. The van der Waals surface area contributed by atoms with E-state index < -0.39 is 0 Å². The van der Waals surface area contributed by atoms with Crippen molar-refractivity contribution in [1.82, 2.24) is 9.80 Å². The van der Waals surface area contributed by atoms with Crippen molar-refractivity contribution in [1.29, 1.82) is 0 Å². The molecule has 4 heteroatoms. The van der Waals surface area contributed by atoms with Gasteiger partial charge in [0.2, 0.25) is 0 Å². The third kappa shape index (κ3) is 2.29. The highest BCUT2D eigenvalue weighted by molar-refractivity contribution is 5.99. The van der Waals surface area contributed by atoms with E-state index in [0.717, 1.165) is 18.7 Å². The lowest BCUT2D eigenvalue weighted by Gasteiger charge is -2.42. The number of nitrogens with two attached hydrogens (primary N) is 1. The second-order valence-electron chi connectivity index (χ2n) is 6.19. The molecule has 1 aromatic rings. The van der Waals surface area contributed by atoms with Crippen LogP contribution in [0.15, 0.2) is 18.2 Å². The van der Waals surface area contributed by atoms with Crippen LogP contribution in [0.4, 0.5) is 5.69 Å².